The first-order valence-corrected chi connectivity index (χ1v) is 6.43. The van der Waals surface area contributed by atoms with E-state index < -0.39 is 5.91 Å². The van der Waals surface area contributed by atoms with Crippen molar-refractivity contribution in [3.63, 3.8) is 0 Å². The summed E-state index contributed by atoms with van der Waals surface area (Å²) in [7, 11) is 0. The van der Waals surface area contributed by atoms with Crippen LogP contribution in [0.25, 0.3) is 0 Å². The minimum absolute atomic E-state index is 0.434. The van der Waals surface area contributed by atoms with Crippen molar-refractivity contribution in [1.82, 2.24) is 0 Å². The lowest BCUT2D eigenvalue weighted by atomic mass is 10.1. The van der Waals surface area contributed by atoms with Gasteiger partial charge in [-0.15, -0.1) is 0 Å². The first-order chi connectivity index (χ1) is 8.58. The molecule has 0 saturated heterocycles. The van der Waals surface area contributed by atoms with E-state index in [9.17, 15) is 4.79 Å². The summed E-state index contributed by atoms with van der Waals surface area (Å²) in [6.07, 6.45) is 8.03. The van der Waals surface area contributed by atoms with Gasteiger partial charge in [-0.3, -0.25) is 4.79 Å². The Kier molecular flexibility index (Phi) is 4.10. The van der Waals surface area contributed by atoms with Crippen LogP contribution in [-0.4, -0.2) is 5.91 Å². The van der Waals surface area contributed by atoms with Gasteiger partial charge in [0.25, 0.3) is 0 Å². The van der Waals surface area contributed by atoms with Crippen LogP contribution in [0, 0.1) is 5.92 Å². The van der Waals surface area contributed by atoms with Gasteiger partial charge < -0.3 is 5.73 Å². The Morgan fingerprint density at radius 2 is 2.06 bits per heavy atom. The van der Waals surface area contributed by atoms with E-state index in [2.05, 4.69) is 6.08 Å². The molecular weight excluding hydrogens is 269 g/mol. The molecule has 2 nitrogen and oxygen atoms in total. The summed E-state index contributed by atoms with van der Waals surface area (Å²) >= 11 is 11.9. The molecule has 0 aliphatic heterocycles. The molecule has 0 radical (unpaired) electrons. The zero-order valence-corrected chi connectivity index (χ0v) is 11.2. The van der Waals surface area contributed by atoms with Crippen LogP contribution in [0.2, 0.25) is 10.0 Å². The molecule has 1 aliphatic rings. The summed E-state index contributed by atoms with van der Waals surface area (Å²) in [5, 5.41) is 1.18. The van der Waals surface area contributed by atoms with Gasteiger partial charge in [0.1, 0.15) is 0 Å². The number of nitrogens with two attached hydrogens (primary N) is 1. The molecule has 2 rings (SSSR count). The predicted molar refractivity (Wildman–Crippen MR) is 74.8 cm³/mol. The van der Waals surface area contributed by atoms with Gasteiger partial charge in [-0.05, 0) is 36.0 Å². The first-order valence-electron chi connectivity index (χ1n) is 5.67. The summed E-state index contributed by atoms with van der Waals surface area (Å²) in [5.74, 6) is 0.564. The fourth-order valence-corrected chi connectivity index (χ4v) is 2.22. The van der Waals surface area contributed by atoms with Crippen molar-refractivity contribution in [2.24, 2.45) is 11.7 Å². The van der Waals surface area contributed by atoms with Crippen molar-refractivity contribution in [1.29, 1.82) is 0 Å². The van der Waals surface area contributed by atoms with Crippen LogP contribution in [0.4, 0.5) is 0 Å². The smallest absolute Gasteiger partial charge is 0.241 e. The average Bonchev–Trinajstić information content (AvgIpc) is 3.07. The van der Waals surface area contributed by atoms with Gasteiger partial charge in [-0.1, -0.05) is 47.5 Å². The zero-order valence-electron chi connectivity index (χ0n) is 9.64. The number of primary amides is 1. The highest BCUT2D eigenvalue weighted by atomic mass is 35.5. The molecule has 2 N–H and O–H groups in total. The molecule has 1 aromatic rings. The molecule has 4 heteroatoms. The van der Waals surface area contributed by atoms with Crippen LogP contribution in [0.3, 0.4) is 0 Å². The second-order valence-electron chi connectivity index (χ2n) is 4.33. The molecule has 94 valence electrons. The van der Waals surface area contributed by atoms with E-state index in [1.54, 1.807) is 6.08 Å². The molecule has 0 heterocycles. The summed E-state index contributed by atoms with van der Waals surface area (Å²) < 4.78 is 0. The lowest BCUT2D eigenvalue weighted by molar-refractivity contribution is -0.113. The molecule has 0 bridgehead atoms. The first kappa shape index (κ1) is 13.2. The molecule has 0 aromatic heterocycles. The molecule has 1 amide bonds. The van der Waals surface area contributed by atoms with Crippen LogP contribution in [0.15, 0.2) is 42.5 Å². The van der Waals surface area contributed by atoms with Crippen molar-refractivity contribution < 1.29 is 4.79 Å². The maximum Gasteiger partial charge on any atom is 0.241 e. The van der Waals surface area contributed by atoms with Gasteiger partial charge in [0.2, 0.25) is 5.91 Å². The second-order valence-corrected chi connectivity index (χ2v) is 5.14. The van der Waals surface area contributed by atoms with E-state index in [4.69, 9.17) is 28.9 Å². The van der Waals surface area contributed by atoms with Crippen molar-refractivity contribution in [2.45, 2.75) is 12.3 Å². The minimum atomic E-state index is -0.434. The SMILES string of the molecule is NC(=O)C=CC=C[C@@H]1C[C@H]1c1ccc(Cl)c(Cl)c1. The topological polar surface area (TPSA) is 43.1 Å². The molecule has 0 unspecified atom stereocenters. The van der Waals surface area contributed by atoms with Crippen LogP contribution in [0.1, 0.15) is 17.9 Å². The summed E-state index contributed by atoms with van der Waals surface area (Å²) in [6, 6.07) is 5.75. The number of halogens is 2. The monoisotopic (exact) mass is 281 g/mol. The van der Waals surface area contributed by atoms with E-state index in [-0.39, 0.29) is 0 Å². The average molecular weight is 282 g/mol. The number of allylic oxidation sites excluding steroid dienone is 3. The number of carbonyl (C=O) groups is 1. The van der Waals surface area contributed by atoms with Gasteiger partial charge in [0.15, 0.2) is 0 Å². The van der Waals surface area contributed by atoms with Crippen LogP contribution >= 0.6 is 23.2 Å². The maximum atomic E-state index is 10.5. The van der Waals surface area contributed by atoms with Crippen LogP contribution < -0.4 is 5.73 Å². The summed E-state index contributed by atoms with van der Waals surface area (Å²) in [5.41, 5.74) is 6.19. The Morgan fingerprint density at radius 3 is 2.72 bits per heavy atom. The Bertz CT molecular complexity index is 523. The van der Waals surface area contributed by atoms with Crippen LogP contribution in [0.5, 0.6) is 0 Å². The van der Waals surface area contributed by atoms with E-state index >= 15 is 0 Å². The van der Waals surface area contributed by atoms with Crippen molar-refractivity contribution in [3.8, 4) is 0 Å². The van der Waals surface area contributed by atoms with Gasteiger partial charge in [-0.25, -0.2) is 0 Å². The number of amides is 1. The van der Waals surface area contributed by atoms with Gasteiger partial charge in [-0.2, -0.15) is 0 Å². The minimum Gasteiger partial charge on any atom is -0.366 e. The third-order valence-corrected chi connectivity index (χ3v) is 3.68. The fourth-order valence-electron chi connectivity index (χ4n) is 1.91. The van der Waals surface area contributed by atoms with Crippen molar-refractivity contribution in [2.75, 3.05) is 0 Å². The lowest BCUT2D eigenvalue weighted by Gasteiger charge is -2.00. The standard InChI is InChI=1S/C14H13Cl2NO/c15-12-6-5-10(8-13(12)16)11-7-9(11)3-1-2-4-14(17)18/h1-6,8-9,11H,7H2,(H2,17,18)/t9-,11-/m1/s1. The number of benzene rings is 1. The third kappa shape index (κ3) is 3.37. The second kappa shape index (κ2) is 5.59. The van der Waals surface area contributed by atoms with Crippen molar-refractivity contribution in [3.05, 3.63) is 58.1 Å². The van der Waals surface area contributed by atoms with E-state index in [1.807, 2.05) is 24.3 Å². The van der Waals surface area contributed by atoms with Crippen LogP contribution in [-0.2, 0) is 4.79 Å². The summed E-state index contributed by atoms with van der Waals surface area (Å²) in [6.45, 7) is 0. The molecule has 2 atom stereocenters. The number of carbonyl (C=O) groups excluding carboxylic acids is 1. The normalized spacial score (nSPS) is 22.8. The highest BCUT2D eigenvalue weighted by Crippen LogP contribution is 2.49. The highest BCUT2D eigenvalue weighted by Gasteiger charge is 2.36. The van der Waals surface area contributed by atoms with E-state index in [0.29, 0.717) is 21.9 Å². The molecule has 18 heavy (non-hydrogen) atoms. The molecule has 1 fully saturated rings. The predicted octanol–water partition coefficient (Wildman–Crippen LogP) is 3.69. The Morgan fingerprint density at radius 1 is 1.28 bits per heavy atom. The molecule has 0 spiro atoms. The fraction of sp³-hybridized carbons (Fsp3) is 0.214. The van der Waals surface area contributed by atoms with Gasteiger partial charge >= 0.3 is 0 Å². The molecular formula is C14H13Cl2NO. The lowest BCUT2D eigenvalue weighted by Crippen LogP contribution is -2.04. The van der Waals surface area contributed by atoms with E-state index in [1.165, 1.54) is 11.6 Å². The Balaban J connectivity index is 1.94. The van der Waals surface area contributed by atoms with E-state index in [0.717, 1.165) is 6.42 Å². The molecule has 1 aliphatic carbocycles. The maximum absolute atomic E-state index is 10.5. The number of rotatable bonds is 4. The quantitative estimate of drug-likeness (QED) is 0.664. The van der Waals surface area contributed by atoms with Gasteiger partial charge in [0.05, 0.1) is 10.0 Å². The largest absolute Gasteiger partial charge is 0.366 e. The highest BCUT2D eigenvalue weighted by molar-refractivity contribution is 6.42. The zero-order chi connectivity index (χ0) is 13.1. The molecule has 1 aromatic carbocycles. The number of hydrogen-bond donors (Lipinski definition) is 1. The summed E-state index contributed by atoms with van der Waals surface area (Å²) in [4.78, 5) is 10.5. The molecule has 1 saturated carbocycles. The Labute approximate surface area is 116 Å². The van der Waals surface area contributed by atoms with Crippen molar-refractivity contribution >= 4 is 29.1 Å². The van der Waals surface area contributed by atoms with Gasteiger partial charge in [0, 0.05) is 6.08 Å². The number of hydrogen-bond acceptors (Lipinski definition) is 1. The Hall–Kier alpha value is -1.25. The third-order valence-electron chi connectivity index (χ3n) is 2.94.